The van der Waals surface area contributed by atoms with E-state index in [-0.39, 0.29) is 0 Å². The van der Waals surface area contributed by atoms with Crippen LogP contribution >= 0.6 is 27.3 Å². The molecule has 4 heteroatoms. The zero-order valence-corrected chi connectivity index (χ0v) is 11.1. The molecule has 0 aromatic carbocycles. The largest absolute Gasteiger partial charge is 0.329 e. The van der Waals surface area contributed by atoms with Gasteiger partial charge in [0.05, 0.1) is 6.04 Å². The Kier molecular flexibility index (Phi) is 5.09. The normalized spacial score (nSPS) is 13.5. The van der Waals surface area contributed by atoms with E-state index in [1.165, 1.54) is 9.35 Å². The summed E-state index contributed by atoms with van der Waals surface area (Å²) >= 11 is 5.32. The summed E-state index contributed by atoms with van der Waals surface area (Å²) in [5.41, 5.74) is 5.81. The first-order valence-electron chi connectivity index (χ1n) is 4.83. The van der Waals surface area contributed by atoms with Crippen LogP contribution in [0.3, 0.4) is 0 Å². The van der Waals surface area contributed by atoms with Gasteiger partial charge in [0.25, 0.3) is 0 Å². The third kappa shape index (κ3) is 2.79. The summed E-state index contributed by atoms with van der Waals surface area (Å²) in [7, 11) is 2.13. The van der Waals surface area contributed by atoms with Crippen LogP contribution < -0.4 is 5.73 Å². The number of halogens is 1. The number of rotatable bonds is 5. The predicted octanol–water partition coefficient (Wildman–Crippen LogP) is 2.85. The van der Waals surface area contributed by atoms with Crippen LogP contribution in [0.4, 0.5) is 0 Å². The van der Waals surface area contributed by atoms with Crippen molar-refractivity contribution in [1.29, 1.82) is 0 Å². The summed E-state index contributed by atoms with van der Waals surface area (Å²) in [6.07, 6.45) is 1.16. The van der Waals surface area contributed by atoms with Gasteiger partial charge in [-0.05, 0) is 47.4 Å². The SMILES string of the molecule is CCCN(C)C(CN)c1sccc1Br. The zero-order valence-electron chi connectivity index (χ0n) is 8.66. The summed E-state index contributed by atoms with van der Waals surface area (Å²) in [5.74, 6) is 0. The first-order valence-corrected chi connectivity index (χ1v) is 6.51. The minimum Gasteiger partial charge on any atom is -0.329 e. The van der Waals surface area contributed by atoms with Crippen LogP contribution in [0.25, 0.3) is 0 Å². The van der Waals surface area contributed by atoms with E-state index in [0.717, 1.165) is 13.0 Å². The molecule has 80 valence electrons. The monoisotopic (exact) mass is 276 g/mol. The summed E-state index contributed by atoms with van der Waals surface area (Å²) in [4.78, 5) is 3.65. The number of nitrogens with zero attached hydrogens (tertiary/aromatic N) is 1. The molecule has 0 radical (unpaired) electrons. The molecule has 1 rings (SSSR count). The van der Waals surface area contributed by atoms with Crippen molar-refractivity contribution >= 4 is 27.3 Å². The zero-order chi connectivity index (χ0) is 10.6. The van der Waals surface area contributed by atoms with Gasteiger partial charge in [0.15, 0.2) is 0 Å². The van der Waals surface area contributed by atoms with Crippen molar-refractivity contribution in [2.24, 2.45) is 5.73 Å². The first kappa shape index (κ1) is 12.2. The minimum atomic E-state index is 0.351. The maximum absolute atomic E-state index is 5.81. The molecule has 1 heterocycles. The molecule has 14 heavy (non-hydrogen) atoms. The lowest BCUT2D eigenvalue weighted by atomic mass is 10.2. The molecule has 1 aromatic rings. The predicted molar refractivity (Wildman–Crippen MR) is 66.7 cm³/mol. The molecule has 0 saturated heterocycles. The Bertz CT molecular complexity index is 275. The molecule has 0 amide bonds. The van der Waals surface area contributed by atoms with Crippen molar-refractivity contribution in [3.05, 3.63) is 20.8 Å². The van der Waals surface area contributed by atoms with E-state index in [4.69, 9.17) is 5.73 Å². The molecule has 0 fully saturated rings. The molecule has 0 aliphatic rings. The fraction of sp³-hybridized carbons (Fsp3) is 0.600. The van der Waals surface area contributed by atoms with Gasteiger partial charge in [-0.3, -0.25) is 4.90 Å². The van der Waals surface area contributed by atoms with Crippen LogP contribution in [0.5, 0.6) is 0 Å². The smallest absolute Gasteiger partial charge is 0.0573 e. The van der Waals surface area contributed by atoms with Gasteiger partial charge < -0.3 is 5.73 Å². The highest BCUT2D eigenvalue weighted by Gasteiger charge is 2.18. The average molecular weight is 277 g/mol. The van der Waals surface area contributed by atoms with E-state index >= 15 is 0 Å². The van der Waals surface area contributed by atoms with E-state index in [1.54, 1.807) is 11.3 Å². The molecular formula is C10H17BrN2S. The molecule has 2 N–H and O–H groups in total. The van der Waals surface area contributed by atoms with Crippen LogP contribution in [0, 0.1) is 0 Å². The third-order valence-electron chi connectivity index (χ3n) is 2.28. The number of likely N-dealkylation sites (N-methyl/N-ethyl adjacent to an activating group) is 1. The van der Waals surface area contributed by atoms with Gasteiger partial charge in [-0.1, -0.05) is 6.92 Å². The Hall–Kier alpha value is 0.100. The number of thiophene rings is 1. The van der Waals surface area contributed by atoms with E-state index in [2.05, 4.69) is 46.2 Å². The average Bonchev–Trinajstić information content (AvgIpc) is 2.54. The van der Waals surface area contributed by atoms with Gasteiger partial charge in [-0.15, -0.1) is 11.3 Å². The van der Waals surface area contributed by atoms with Crippen molar-refractivity contribution in [3.8, 4) is 0 Å². The Balaban J connectivity index is 2.76. The van der Waals surface area contributed by atoms with Crippen LogP contribution in [-0.4, -0.2) is 25.0 Å². The van der Waals surface area contributed by atoms with Crippen molar-refractivity contribution < 1.29 is 0 Å². The number of hydrogen-bond donors (Lipinski definition) is 1. The molecule has 0 aliphatic heterocycles. The molecule has 0 spiro atoms. The topological polar surface area (TPSA) is 29.3 Å². The Labute approximate surface area is 98.2 Å². The standard InChI is InChI=1S/C10H17BrN2S/c1-3-5-13(2)9(7-12)10-8(11)4-6-14-10/h4,6,9H,3,5,7,12H2,1-2H3. The van der Waals surface area contributed by atoms with Gasteiger partial charge in [0.2, 0.25) is 0 Å². The molecule has 0 bridgehead atoms. The van der Waals surface area contributed by atoms with Crippen LogP contribution in [0.2, 0.25) is 0 Å². The van der Waals surface area contributed by atoms with E-state index in [0.29, 0.717) is 12.6 Å². The van der Waals surface area contributed by atoms with Crippen molar-refractivity contribution in [1.82, 2.24) is 4.90 Å². The molecule has 1 unspecified atom stereocenters. The van der Waals surface area contributed by atoms with E-state index in [1.807, 2.05) is 0 Å². The second-order valence-corrected chi connectivity index (χ2v) is 5.17. The first-order chi connectivity index (χ1) is 6.70. The molecule has 0 saturated carbocycles. The third-order valence-corrected chi connectivity index (χ3v) is 4.25. The lowest BCUT2D eigenvalue weighted by Gasteiger charge is -2.25. The maximum Gasteiger partial charge on any atom is 0.0573 e. The minimum absolute atomic E-state index is 0.351. The molecule has 2 nitrogen and oxygen atoms in total. The fourth-order valence-corrected chi connectivity index (χ4v) is 3.36. The second-order valence-electron chi connectivity index (χ2n) is 3.36. The maximum atomic E-state index is 5.81. The number of hydrogen-bond acceptors (Lipinski definition) is 3. The highest BCUT2D eigenvalue weighted by molar-refractivity contribution is 9.10. The van der Waals surface area contributed by atoms with E-state index in [9.17, 15) is 0 Å². The van der Waals surface area contributed by atoms with Crippen molar-refractivity contribution in [2.75, 3.05) is 20.1 Å². The second kappa shape index (κ2) is 5.85. The highest BCUT2D eigenvalue weighted by atomic mass is 79.9. The molecule has 1 atom stereocenters. The van der Waals surface area contributed by atoms with E-state index < -0.39 is 0 Å². The van der Waals surface area contributed by atoms with Crippen molar-refractivity contribution in [3.63, 3.8) is 0 Å². The van der Waals surface area contributed by atoms with Crippen LogP contribution in [0.15, 0.2) is 15.9 Å². The Morgan fingerprint density at radius 2 is 2.36 bits per heavy atom. The Morgan fingerprint density at radius 1 is 1.64 bits per heavy atom. The Morgan fingerprint density at radius 3 is 2.79 bits per heavy atom. The lowest BCUT2D eigenvalue weighted by Crippen LogP contribution is -2.30. The summed E-state index contributed by atoms with van der Waals surface area (Å²) in [6.45, 7) is 3.95. The number of nitrogens with two attached hydrogens (primary N) is 1. The summed E-state index contributed by atoms with van der Waals surface area (Å²) in [6, 6.07) is 2.44. The fourth-order valence-electron chi connectivity index (χ4n) is 1.54. The molecular weight excluding hydrogens is 260 g/mol. The summed E-state index contributed by atoms with van der Waals surface area (Å²) < 4.78 is 1.18. The highest BCUT2D eigenvalue weighted by Crippen LogP contribution is 2.31. The van der Waals surface area contributed by atoms with Crippen LogP contribution in [-0.2, 0) is 0 Å². The van der Waals surface area contributed by atoms with Crippen molar-refractivity contribution in [2.45, 2.75) is 19.4 Å². The summed E-state index contributed by atoms with van der Waals surface area (Å²) in [5, 5.41) is 2.10. The van der Waals surface area contributed by atoms with Gasteiger partial charge in [0.1, 0.15) is 0 Å². The van der Waals surface area contributed by atoms with Gasteiger partial charge in [0, 0.05) is 15.9 Å². The van der Waals surface area contributed by atoms with Gasteiger partial charge in [-0.2, -0.15) is 0 Å². The van der Waals surface area contributed by atoms with Gasteiger partial charge >= 0.3 is 0 Å². The quantitative estimate of drug-likeness (QED) is 0.896. The van der Waals surface area contributed by atoms with Gasteiger partial charge in [-0.25, -0.2) is 0 Å². The molecule has 0 aliphatic carbocycles. The lowest BCUT2D eigenvalue weighted by molar-refractivity contribution is 0.253. The van der Waals surface area contributed by atoms with Crippen LogP contribution in [0.1, 0.15) is 24.3 Å². The molecule has 1 aromatic heterocycles.